The fourth-order valence-corrected chi connectivity index (χ4v) is 4.13. The first kappa shape index (κ1) is 14.5. The lowest BCUT2D eigenvalue weighted by molar-refractivity contribution is 0.949. The van der Waals surface area contributed by atoms with Gasteiger partial charge in [0, 0.05) is 34.8 Å². The van der Waals surface area contributed by atoms with Crippen molar-refractivity contribution in [3.63, 3.8) is 0 Å². The number of hydrogen-bond donors (Lipinski definition) is 0. The Morgan fingerprint density at radius 3 is 2.43 bits per heavy atom. The third-order valence-corrected chi connectivity index (χ3v) is 5.43. The Labute approximate surface area is 141 Å². The molecule has 1 saturated heterocycles. The summed E-state index contributed by atoms with van der Waals surface area (Å²) in [6, 6.07) is 19.3. The Morgan fingerprint density at radius 2 is 1.65 bits per heavy atom. The summed E-state index contributed by atoms with van der Waals surface area (Å²) >= 11 is 1.78. The standard InChI is InChI=1S/C20H20N2S/c1-15-19(16-8-3-2-4-9-16)21-20(23-15)17-10-7-11-18(14-17)22-12-5-6-13-22/h2-4,7-11,14H,5-6,12-13H2,1H3. The first-order valence-electron chi connectivity index (χ1n) is 8.19. The van der Waals surface area contributed by atoms with Crippen molar-refractivity contribution in [3.05, 3.63) is 59.5 Å². The van der Waals surface area contributed by atoms with E-state index in [0.717, 1.165) is 10.7 Å². The molecule has 0 aliphatic carbocycles. The Hall–Kier alpha value is -2.13. The molecule has 0 unspecified atom stereocenters. The number of thiazole rings is 1. The largest absolute Gasteiger partial charge is 0.372 e. The molecule has 1 fully saturated rings. The van der Waals surface area contributed by atoms with Crippen LogP contribution in [0.2, 0.25) is 0 Å². The summed E-state index contributed by atoms with van der Waals surface area (Å²) in [4.78, 5) is 8.67. The normalized spacial score (nSPS) is 14.4. The molecule has 0 amide bonds. The molecule has 1 aliphatic heterocycles. The molecule has 0 N–H and O–H groups in total. The molecular weight excluding hydrogens is 300 g/mol. The minimum atomic E-state index is 1.11. The lowest BCUT2D eigenvalue weighted by atomic mass is 10.1. The maximum absolute atomic E-state index is 4.92. The van der Waals surface area contributed by atoms with E-state index in [1.54, 1.807) is 11.3 Å². The van der Waals surface area contributed by atoms with Gasteiger partial charge in [0.05, 0.1) is 5.69 Å². The van der Waals surface area contributed by atoms with Gasteiger partial charge in [-0.3, -0.25) is 0 Å². The number of aryl methyl sites for hydroxylation is 1. The van der Waals surface area contributed by atoms with Crippen LogP contribution in [0.5, 0.6) is 0 Å². The monoisotopic (exact) mass is 320 g/mol. The minimum absolute atomic E-state index is 1.11. The summed E-state index contributed by atoms with van der Waals surface area (Å²) in [5, 5.41) is 1.11. The summed E-state index contributed by atoms with van der Waals surface area (Å²) in [5.41, 5.74) is 4.86. The van der Waals surface area contributed by atoms with Crippen molar-refractivity contribution in [2.24, 2.45) is 0 Å². The van der Waals surface area contributed by atoms with E-state index >= 15 is 0 Å². The van der Waals surface area contributed by atoms with Crippen LogP contribution in [0.4, 0.5) is 5.69 Å². The van der Waals surface area contributed by atoms with Crippen molar-refractivity contribution in [3.8, 4) is 21.8 Å². The van der Waals surface area contributed by atoms with Crippen LogP contribution in [0.15, 0.2) is 54.6 Å². The Bertz CT molecular complexity index is 802. The van der Waals surface area contributed by atoms with Crippen molar-refractivity contribution in [1.82, 2.24) is 4.98 Å². The van der Waals surface area contributed by atoms with Gasteiger partial charge in [0.1, 0.15) is 5.01 Å². The molecular formula is C20H20N2S. The SMILES string of the molecule is Cc1sc(-c2cccc(N3CCCC3)c2)nc1-c1ccccc1. The zero-order valence-corrected chi connectivity index (χ0v) is 14.1. The lowest BCUT2D eigenvalue weighted by Crippen LogP contribution is -2.17. The summed E-state index contributed by atoms with van der Waals surface area (Å²) < 4.78 is 0. The highest BCUT2D eigenvalue weighted by atomic mass is 32.1. The smallest absolute Gasteiger partial charge is 0.124 e. The number of anilines is 1. The highest BCUT2D eigenvalue weighted by Crippen LogP contribution is 2.34. The number of aromatic nitrogens is 1. The van der Waals surface area contributed by atoms with E-state index in [1.807, 2.05) is 6.07 Å². The van der Waals surface area contributed by atoms with Gasteiger partial charge in [-0.25, -0.2) is 4.98 Å². The van der Waals surface area contributed by atoms with Gasteiger partial charge in [0.15, 0.2) is 0 Å². The van der Waals surface area contributed by atoms with Crippen molar-refractivity contribution >= 4 is 17.0 Å². The van der Waals surface area contributed by atoms with Crippen molar-refractivity contribution < 1.29 is 0 Å². The van der Waals surface area contributed by atoms with Crippen LogP contribution in [0.1, 0.15) is 17.7 Å². The second-order valence-corrected chi connectivity index (χ2v) is 7.24. The van der Waals surface area contributed by atoms with Gasteiger partial charge in [0.2, 0.25) is 0 Å². The Balaban J connectivity index is 1.70. The van der Waals surface area contributed by atoms with E-state index in [-0.39, 0.29) is 0 Å². The van der Waals surface area contributed by atoms with Crippen LogP contribution in [-0.2, 0) is 0 Å². The molecule has 0 radical (unpaired) electrons. The Kier molecular flexibility index (Phi) is 3.88. The fourth-order valence-electron chi connectivity index (χ4n) is 3.19. The van der Waals surface area contributed by atoms with Crippen molar-refractivity contribution in [2.75, 3.05) is 18.0 Å². The molecule has 0 atom stereocenters. The number of rotatable bonds is 3. The molecule has 116 valence electrons. The van der Waals surface area contributed by atoms with Gasteiger partial charge < -0.3 is 4.90 Å². The third kappa shape index (κ3) is 2.89. The third-order valence-electron chi connectivity index (χ3n) is 4.41. The van der Waals surface area contributed by atoms with E-state index in [4.69, 9.17) is 4.98 Å². The summed E-state index contributed by atoms with van der Waals surface area (Å²) in [7, 11) is 0. The number of hydrogen-bond acceptors (Lipinski definition) is 3. The molecule has 2 nitrogen and oxygen atoms in total. The molecule has 0 saturated carbocycles. The van der Waals surface area contributed by atoms with E-state index in [2.05, 4.69) is 60.4 Å². The topological polar surface area (TPSA) is 16.1 Å². The predicted molar refractivity (Wildman–Crippen MR) is 99.2 cm³/mol. The van der Waals surface area contributed by atoms with Gasteiger partial charge in [0.25, 0.3) is 0 Å². The molecule has 0 bridgehead atoms. The van der Waals surface area contributed by atoms with Crippen LogP contribution in [-0.4, -0.2) is 18.1 Å². The maximum atomic E-state index is 4.92. The van der Waals surface area contributed by atoms with Crippen molar-refractivity contribution in [2.45, 2.75) is 19.8 Å². The number of benzene rings is 2. The van der Waals surface area contributed by atoms with Crippen LogP contribution < -0.4 is 4.90 Å². The van der Waals surface area contributed by atoms with Gasteiger partial charge in [-0.1, -0.05) is 42.5 Å². The fraction of sp³-hybridized carbons (Fsp3) is 0.250. The molecule has 1 aromatic heterocycles. The average molecular weight is 320 g/mol. The van der Waals surface area contributed by atoms with E-state index < -0.39 is 0 Å². The number of nitrogens with zero attached hydrogens (tertiary/aromatic N) is 2. The highest BCUT2D eigenvalue weighted by molar-refractivity contribution is 7.15. The highest BCUT2D eigenvalue weighted by Gasteiger charge is 2.15. The molecule has 3 heteroatoms. The first-order chi connectivity index (χ1) is 11.3. The van der Waals surface area contributed by atoms with Gasteiger partial charge in [-0.2, -0.15) is 0 Å². The second-order valence-electron chi connectivity index (χ2n) is 6.03. The van der Waals surface area contributed by atoms with Crippen LogP contribution in [0, 0.1) is 6.92 Å². The molecule has 1 aliphatic rings. The summed E-state index contributed by atoms with van der Waals surface area (Å²) in [6.45, 7) is 4.51. The zero-order valence-electron chi connectivity index (χ0n) is 13.3. The molecule has 2 aromatic carbocycles. The van der Waals surface area contributed by atoms with Gasteiger partial charge in [-0.05, 0) is 31.9 Å². The summed E-state index contributed by atoms with van der Waals surface area (Å²) in [5.74, 6) is 0. The average Bonchev–Trinajstić information content (AvgIpc) is 3.25. The Morgan fingerprint density at radius 1 is 0.913 bits per heavy atom. The minimum Gasteiger partial charge on any atom is -0.372 e. The van der Waals surface area contributed by atoms with Crippen molar-refractivity contribution in [1.29, 1.82) is 0 Å². The predicted octanol–water partition coefficient (Wildman–Crippen LogP) is 5.39. The molecule has 2 heterocycles. The van der Waals surface area contributed by atoms with Gasteiger partial charge >= 0.3 is 0 Å². The van der Waals surface area contributed by atoms with E-state index in [0.29, 0.717) is 0 Å². The quantitative estimate of drug-likeness (QED) is 0.643. The first-order valence-corrected chi connectivity index (χ1v) is 9.01. The maximum Gasteiger partial charge on any atom is 0.124 e. The zero-order chi connectivity index (χ0) is 15.6. The van der Waals surface area contributed by atoms with E-state index in [9.17, 15) is 0 Å². The molecule has 4 rings (SSSR count). The van der Waals surface area contributed by atoms with E-state index in [1.165, 1.54) is 47.6 Å². The molecule has 3 aromatic rings. The van der Waals surface area contributed by atoms with Crippen LogP contribution in [0.3, 0.4) is 0 Å². The summed E-state index contributed by atoms with van der Waals surface area (Å²) in [6.07, 6.45) is 2.61. The van der Waals surface area contributed by atoms with Crippen LogP contribution >= 0.6 is 11.3 Å². The molecule has 23 heavy (non-hydrogen) atoms. The second kappa shape index (κ2) is 6.17. The van der Waals surface area contributed by atoms with Gasteiger partial charge in [-0.15, -0.1) is 11.3 Å². The van der Waals surface area contributed by atoms with Crippen LogP contribution in [0.25, 0.3) is 21.8 Å². The lowest BCUT2D eigenvalue weighted by Gasteiger charge is -2.17. The molecule has 0 spiro atoms.